The number of aryl methyl sites for hydroxylation is 1. The number of nitrogens with zero attached hydrogens (tertiary/aromatic N) is 1. The van der Waals surface area contributed by atoms with Gasteiger partial charge in [-0.05, 0) is 37.3 Å². The highest BCUT2D eigenvalue weighted by Gasteiger charge is 2.14. The van der Waals surface area contributed by atoms with Gasteiger partial charge in [0.2, 0.25) is 5.88 Å². The SMILES string of the molecule is COc1ccc(NC2CCSCC2)c(C)n1. The van der Waals surface area contributed by atoms with Gasteiger partial charge in [0.05, 0.1) is 18.5 Å². The summed E-state index contributed by atoms with van der Waals surface area (Å²) < 4.78 is 5.10. The van der Waals surface area contributed by atoms with E-state index in [9.17, 15) is 0 Å². The van der Waals surface area contributed by atoms with Gasteiger partial charge in [-0.2, -0.15) is 11.8 Å². The van der Waals surface area contributed by atoms with Crippen molar-refractivity contribution in [2.45, 2.75) is 25.8 Å². The highest BCUT2D eigenvalue weighted by Crippen LogP contribution is 2.23. The van der Waals surface area contributed by atoms with Crippen molar-refractivity contribution in [3.8, 4) is 5.88 Å². The maximum absolute atomic E-state index is 5.10. The fourth-order valence-corrected chi connectivity index (χ4v) is 2.97. The zero-order chi connectivity index (χ0) is 11.4. The second-order valence-corrected chi connectivity index (χ2v) is 5.24. The van der Waals surface area contributed by atoms with Crippen LogP contribution in [0.25, 0.3) is 0 Å². The summed E-state index contributed by atoms with van der Waals surface area (Å²) in [5, 5.41) is 3.57. The van der Waals surface area contributed by atoms with Crippen LogP contribution in [0.5, 0.6) is 5.88 Å². The Kier molecular flexibility index (Phi) is 3.93. The molecular weight excluding hydrogens is 220 g/mol. The molecular formula is C12H18N2OS. The Labute approximate surface area is 101 Å². The number of thioether (sulfide) groups is 1. The summed E-state index contributed by atoms with van der Waals surface area (Å²) in [5.74, 6) is 3.21. The lowest BCUT2D eigenvalue weighted by Gasteiger charge is -2.24. The van der Waals surface area contributed by atoms with Crippen molar-refractivity contribution in [1.29, 1.82) is 0 Å². The van der Waals surface area contributed by atoms with Gasteiger partial charge in [0.25, 0.3) is 0 Å². The summed E-state index contributed by atoms with van der Waals surface area (Å²) in [7, 11) is 1.65. The molecule has 1 aromatic heterocycles. The van der Waals surface area contributed by atoms with Gasteiger partial charge in [-0.1, -0.05) is 0 Å². The minimum absolute atomic E-state index is 0.607. The second kappa shape index (κ2) is 5.43. The molecule has 1 fully saturated rings. The van der Waals surface area contributed by atoms with Crippen LogP contribution >= 0.6 is 11.8 Å². The molecule has 2 heterocycles. The molecule has 4 heteroatoms. The van der Waals surface area contributed by atoms with Gasteiger partial charge in [-0.3, -0.25) is 0 Å². The smallest absolute Gasteiger partial charge is 0.213 e. The number of pyridine rings is 1. The molecule has 1 N–H and O–H groups in total. The number of hydrogen-bond acceptors (Lipinski definition) is 4. The Morgan fingerprint density at radius 3 is 2.75 bits per heavy atom. The molecule has 0 spiro atoms. The molecule has 88 valence electrons. The normalized spacial score (nSPS) is 17.1. The monoisotopic (exact) mass is 238 g/mol. The lowest BCUT2D eigenvalue weighted by Crippen LogP contribution is -2.24. The van der Waals surface area contributed by atoms with E-state index in [2.05, 4.69) is 16.4 Å². The fourth-order valence-electron chi connectivity index (χ4n) is 1.87. The standard InChI is InChI=1S/C12H18N2OS/c1-9-11(3-4-12(13-9)15-2)14-10-5-7-16-8-6-10/h3-4,10,14H,5-8H2,1-2H3. The van der Waals surface area contributed by atoms with Crippen molar-refractivity contribution >= 4 is 17.4 Å². The van der Waals surface area contributed by atoms with Gasteiger partial charge in [-0.15, -0.1) is 0 Å². The summed E-state index contributed by atoms with van der Waals surface area (Å²) in [6.07, 6.45) is 2.49. The maximum atomic E-state index is 5.10. The Bertz CT molecular complexity index is 351. The van der Waals surface area contributed by atoms with Gasteiger partial charge in [0.1, 0.15) is 0 Å². The van der Waals surface area contributed by atoms with E-state index >= 15 is 0 Å². The van der Waals surface area contributed by atoms with Crippen molar-refractivity contribution in [1.82, 2.24) is 4.98 Å². The average Bonchev–Trinajstić information content (AvgIpc) is 2.33. The molecule has 1 aliphatic heterocycles. The molecule has 3 nitrogen and oxygen atoms in total. The Balaban J connectivity index is 2.03. The molecule has 0 amide bonds. The quantitative estimate of drug-likeness (QED) is 0.878. The van der Waals surface area contributed by atoms with Gasteiger partial charge < -0.3 is 10.1 Å². The summed E-state index contributed by atoms with van der Waals surface area (Å²) in [6.45, 7) is 2.02. The number of aromatic nitrogens is 1. The van der Waals surface area contributed by atoms with Crippen LogP contribution in [0.2, 0.25) is 0 Å². The molecule has 0 aromatic carbocycles. The van der Waals surface area contributed by atoms with Gasteiger partial charge >= 0.3 is 0 Å². The number of nitrogens with one attached hydrogen (secondary N) is 1. The Hall–Kier alpha value is -0.900. The lowest BCUT2D eigenvalue weighted by molar-refractivity contribution is 0.397. The molecule has 2 rings (SSSR count). The maximum Gasteiger partial charge on any atom is 0.213 e. The highest BCUT2D eigenvalue weighted by atomic mass is 32.2. The number of rotatable bonds is 3. The summed E-state index contributed by atoms with van der Waals surface area (Å²) in [6, 6.07) is 4.57. The predicted octanol–water partition coefficient (Wildman–Crippen LogP) is 2.71. The zero-order valence-corrected chi connectivity index (χ0v) is 10.6. The van der Waals surface area contributed by atoms with E-state index in [1.807, 2.05) is 24.8 Å². The van der Waals surface area contributed by atoms with Crippen LogP contribution in [-0.2, 0) is 0 Å². The van der Waals surface area contributed by atoms with Crippen LogP contribution < -0.4 is 10.1 Å². The number of anilines is 1. The molecule has 1 saturated heterocycles. The first-order chi connectivity index (χ1) is 7.79. The van der Waals surface area contributed by atoms with Crippen LogP contribution in [-0.4, -0.2) is 29.6 Å². The molecule has 0 aliphatic carbocycles. The van der Waals surface area contributed by atoms with Crippen molar-refractivity contribution in [2.75, 3.05) is 23.9 Å². The van der Waals surface area contributed by atoms with Crippen LogP contribution in [0.3, 0.4) is 0 Å². The fraction of sp³-hybridized carbons (Fsp3) is 0.583. The summed E-state index contributed by atoms with van der Waals surface area (Å²) >= 11 is 2.04. The minimum Gasteiger partial charge on any atom is -0.481 e. The average molecular weight is 238 g/mol. The largest absolute Gasteiger partial charge is 0.481 e. The van der Waals surface area contributed by atoms with E-state index in [0.29, 0.717) is 11.9 Å². The molecule has 16 heavy (non-hydrogen) atoms. The first kappa shape index (κ1) is 11.6. The van der Waals surface area contributed by atoms with E-state index in [4.69, 9.17) is 4.74 Å². The molecule has 0 saturated carbocycles. The molecule has 0 bridgehead atoms. The predicted molar refractivity (Wildman–Crippen MR) is 69.5 cm³/mol. The summed E-state index contributed by atoms with van der Waals surface area (Å²) in [5.41, 5.74) is 2.15. The van der Waals surface area contributed by atoms with Crippen molar-refractivity contribution < 1.29 is 4.74 Å². The molecule has 1 aromatic rings. The molecule has 1 aliphatic rings. The van der Waals surface area contributed by atoms with E-state index < -0.39 is 0 Å². The topological polar surface area (TPSA) is 34.1 Å². The molecule has 0 radical (unpaired) electrons. The van der Waals surface area contributed by atoms with Crippen molar-refractivity contribution in [3.05, 3.63) is 17.8 Å². The van der Waals surface area contributed by atoms with E-state index in [-0.39, 0.29) is 0 Å². The Morgan fingerprint density at radius 1 is 1.38 bits per heavy atom. The van der Waals surface area contributed by atoms with E-state index in [0.717, 1.165) is 11.4 Å². The minimum atomic E-state index is 0.607. The van der Waals surface area contributed by atoms with Crippen molar-refractivity contribution in [3.63, 3.8) is 0 Å². The lowest BCUT2D eigenvalue weighted by atomic mass is 10.1. The number of ether oxygens (including phenoxy) is 1. The molecule has 0 unspecified atom stereocenters. The van der Waals surface area contributed by atoms with E-state index in [1.54, 1.807) is 7.11 Å². The number of methoxy groups -OCH3 is 1. The van der Waals surface area contributed by atoms with E-state index in [1.165, 1.54) is 24.3 Å². The van der Waals surface area contributed by atoms with Crippen LogP contribution in [0, 0.1) is 6.92 Å². The van der Waals surface area contributed by atoms with Crippen LogP contribution in [0.15, 0.2) is 12.1 Å². The van der Waals surface area contributed by atoms with Crippen LogP contribution in [0.4, 0.5) is 5.69 Å². The third kappa shape index (κ3) is 2.82. The van der Waals surface area contributed by atoms with Gasteiger partial charge in [0.15, 0.2) is 0 Å². The number of hydrogen-bond donors (Lipinski definition) is 1. The first-order valence-electron chi connectivity index (χ1n) is 5.65. The van der Waals surface area contributed by atoms with Gasteiger partial charge in [0, 0.05) is 12.1 Å². The molecule has 0 atom stereocenters. The zero-order valence-electron chi connectivity index (χ0n) is 9.82. The summed E-state index contributed by atoms with van der Waals surface area (Å²) in [4.78, 5) is 4.37. The van der Waals surface area contributed by atoms with Crippen LogP contribution in [0.1, 0.15) is 18.5 Å². The Morgan fingerprint density at radius 2 is 2.12 bits per heavy atom. The second-order valence-electron chi connectivity index (χ2n) is 4.02. The highest BCUT2D eigenvalue weighted by molar-refractivity contribution is 7.99. The first-order valence-corrected chi connectivity index (χ1v) is 6.81. The third-order valence-electron chi connectivity index (χ3n) is 2.85. The third-order valence-corrected chi connectivity index (χ3v) is 3.90. The van der Waals surface area contributed by atoms with Crippen molar-refractivity contribution in [2.24, 2.45) is 0 Å². The van der Waals surface area contributed by atoms with Gasteiger partial charge in [-0.25, -0.2) is 4.98 Å².